The minimum atomic E-state index is -1.01. The third-order valence-electron chi connectivity index (χ3n) is 5.65. The van der Waals surface area contributed by atoms with E-state index in [1.807, 2.05) is 66.9 Å². The zero-order valence-corrected chi connectivity index (χ0v) is 18.9. The number of nitrogens with one attached hydrogen (secondary N) is 1. The number of hydrogen-bond acceptors (Lipinski definition) is 6. The molecule has 1 fully saturated rings. The Morgan fingerprint density at radius 1 is 1.12 bits per heavy atom. The van der Waals surface area contributed by atoms with Crippen molar-refractivity contribution in [2.24, 2.45) is 0 Å². The molecule has 0 radical (unpaired) electrons. The molecule has 1 aliphatic heterocycles. The highest BCUT2D eigenvalue weighted by molar-refractivity contribution is 7.84. The molecule has 0 aliphatic carbocycles. The summed E-state index contributed by atoms with van der Waals surface area (Å²) in [6, 6.07) is 19.4. The molecule has 168 valence electrons. The average molecular weight is 462 g/mol. The summed E-state index contributed by atoms with van der Waals surface area (Å²) in [6.45, 7) is 1.72. The zero-order valence-electron chi connectivity index (χ0n) is 18.0. The van der Waals surface area contributed by atoms with Gasteiger partial charge in [-0.2, -0.15) is 4.98 Å². The molecule has 2 aromatic heterocycles. The number of carbonyl (C=O) groups is 1. The van der Waals surface area contributed by atoms with E-state index in [4.69, 9.17) is 4.74 Å². The van der Waals surface area contributed by atoms with Crippen LogP contribution in [0.5, 0.6) is 0 Å². The lowest BCUT2D eigenvalue weighted by Gasteiger charge is -2.30. The highest BCUT2D eigenvalue weighted by Crippen LogP contribution is 2.27. The molecule has 5 rings (SSSR count). The molecule has 2 aromatic carbocycles. The van der Waals surface area contributed by atoms with E-state index in [0.717, 1.165) is 39.3 Å². The number of fused-ring (bicyclic) bond motifs is 1. The largest absolute Gasteiger partial charge is 0.370 e. The molecule has 4 aromatic rings. The fourth-order valence-electron chi connectivity index (χ4n) is 3.89. The second-order valence-corrected chi connectivity index (χ2v) is 9.19. The first-order chi connectivity index (χ1) is 16.1. The lowest BCUT2D eigenvalue weighted by atomic mass is 10.1. The van der Waals surface area contributed by atoms with E-state index in [9.17, 15) is 9.00 Å². The summed E-state index contributed by atoms with van der Waals surface area (Å²) in [5.74, 6) is 0.488. The number of benzene rings is 2. The summed E-state index contributed by atoms with van der Waals surface area (Å²) in [7, 11) is -1.01. The van der Waals surface area contributed by atoms with Crippen LogP contribution in [0.15, 0.2) is 71.8 Å². The lowest BCUT2D eigenvalue weighted by molar-refractivity contribution is -0.125. The molecule has 0 bridgehead atoms. The van der Waals surface area contributed by atoms with Crippen LogP contribution in [-0.2, 0) is 20.3 Å². The van der Waals surface area contributed by atoms with E-state index in [1.54, 1.807) is 15.7 Å². The van der Waals surface area contributed by atoms with Crippen molar-refractivity contribution in [3.8, 4) is 11.1 Å². The molecule has 0 spiro atoms. The first-order valence-corrected chi connectivity index (χ1v) is 12.1. The molecule has 8 nitrogen and oxygen atoms in total. The predicted molar refractivity (Wildman–Crippen MR) is 127 cm³/mol. The minimum absolute atomic E-state index is 0.120. The normalized spacial score (nSPS) is 17.1. The summed E-state index contributed by atoms with van der Waals surface area (Å²) in [5.41, 5.74) is 4.53. The smallest absolute Gasteiger partial charge is 0.247 e. The van der Waals surface area contributed by atoms with Gasteiger partial charge in [0.1, 0.15) is 6.10 Å². The average Bonchev–Trinajstić information content (AvgIpc) is 3.27. The highest BCUT2D eigenvalue weighted by Gasteiger charge is 2.20. The van der Waals surface area contributed by atoms with Crippen LogP contribution in [0, 0.1) is 0 Å². The van der Waals surface area contributed by atoms with E-state index in [-0.39, 0.29) is 6.10 Å². The summed E-state index contributed by atoms with van der Waals surface area (Å²) in [4.78, 5) is 18.3. The number of hydrogen-bond donors (Lipinski definition) is 1. The topological polar surface area (TPSA) is 88.8 Å². The van der Waals surface area contributed by atoms with Crippen molar-refractivity contribution >= 4 is 34.5 Å². The second kappa shape index (κ2) is 9.13. The highest BCUT2D eigenvalue weighted by atomic mass is 32.2. The van der Waals surface area contributed by atoms with Crippen molar-refractivity contribution in [1.29, 1.82) is 0 Å². The number of nitrogens with zero attached hydrogens (tertiary/aromatic N) is 4. The Bertz CT molecular complexity index is 1300. The van der Waals surface area contributed by atoms with Gasteiger partial charge in [-0.05, 0) is 47.5 Å². The van der Waals surface area contributed by atoms with Crippen molar-refractivity contribution in [3.63, 3.8) is 0 Å². The Morgan fingerprint density at radius 3 is 2.64 bits per heavy atom. The Labute approximate surface area is 193 Å². The molecule has 1 aliphatic rings. The van der Waals surface area contributed by atoms with Crippen LogP contribution in [0.2, 0.25) is 0 Å². The number of carbonyl (C=O) groups excluding carboxylic acids is 1. The number of rotatable bonds is 6. The van der Waals surface area contributed by atoms with Crippen LogP contribution in [0.25, 0.3) is 16.8 Å². The van der Waals surface area contributed by atoms with Gasteiger partial charge in [-0.25, -0.2) is 4.52 Å². The maximum Gasteiger partial charge on any atom is 0.247 e. The fraction of sp³-hybridized carbons (Fsp3) is 0.208. The van der Waals surface area contributed by atoms with E-state index in [2.05, 4.69) is 15.4 Å². The standard InChI is InChI=1S/C24H23N5O3S/c1-33(31)20-10-6-17(7-11-20)21-3-2-12-29-23(21)26-24(27-29)25-19-8-4-18(5-9-19)22-15-28(16-30)13-14-32-22/h2-12,16,22H,13-15H2,1H3,(H,25,27). The number of ether oxygens (including phenoxy) is 1. The van der Waals surface area contributed by atoms with Gasteiger partial charge in [0.05, 0.1) is 13.2 Å². The van der Waals surface area contributed by atoms with Crippen LogP contribution in [0.1, 0.15) is 11.7 Å². The van der Waals surface area contributed by atoms with Gasteiger partial charge >= 0.3 is 0 Å². The summed E-state index contributed by atoms with van der Waals surface area (Å²) >= 11 is 0. The monoisotopic (exact) mass is 461 g/mol. The third-order valence-corrected chi connectivity index (χ3v) is 6.58. The van der Waals surface area contributed by atoms with Crippen molar-refractivity contribution in [3.05, 3.63) is 72.4 Å². The number of anilines is 2. The van der Waals surface area contributed by atoms with Gasteiger partial charge in [0, 0.05) is 45.9 Å². The van der Waals surface area contributed by atoms with E-state index < -0.39 is 10.8 Å². The van der Waals surface area contributed by atoms with Crippen molar-refractivity contribution in [1.82, 2.24) is 19.5 Å². The van der Waals surface area contributed by atoms with Crippen LogP contribution in [0.4, 0.5) is 11.6 Å². The van der Waals surface area contributed by atoms with E-state index in [1.165, 1.54) is 0 Å². The minimum Gasteiger partial charge on any atom is -0.370 e. The molecule has 9 heteroatoms. The van der Waals surface area contributed by atoms with E-state index in [0.29, 0.717) is 25.6 Å². The van der Waals surface area contributed by atoms with Gasteiger partial charge in [0.15, 0.2) is 5.65 Å². The van der Waals surface area contributed by atoms with Crippen LogP contribution in [0.3, 0.4) is 0 Å². The molecular formula is C24H23N5O3S. The molecule has 1 amide bonds. The maximum absolute atomic E-state index is 11.7. The van der Waals surface area contributed by atoms with Gasteiger partial charge in [0.25, 0.3) is 0 Å². The Morgan fingerprint density at radius 2 is 1.91 bits per heavy atom. The van der Waals surface area contributed by atoms with Gasteiger partial charge in [-0.15, -0.1) is 5.10 Å². The number of amides is 1. The lowest BCUT2D eigenvalue weighted by Crippen LogP contribution is -2.37. The second-order valence-electron chi connectivity index (χ2n) is 7.81. The molecule has 0 saturated carbocycles. The SMILES string of the molecule is CS(=O)c1ccc(-c2cccn3nc(Nc4ccc(C5CN(C=O)CCO5)cc4)nc23)cc1. The molecule has 2 atom stereocenters. The maximum atomic E-state index is 11.7. The first kappa shape index (κ1) is 21.3. The molecule has 33 heavy (non-hydrogen) atoms. The number of aromatic nitrogens is 3. The van der Waals surface area contributed by atoms with E-state index >= 15 is 0 Å². The zero-order chi connectivity index (χ0) is 22.8. The van der Waals surface area contributed by atoms with Crippen molar-refractivity contribution < 1.29 is 13.7 Å². The molecule has 1 saturated heterocycles. The summed E-state index contributed by atoms with van der Waals surface area (Å²) < 4.78 is 19.2. The van der Waals surface area contributed by atoms with Gasteiger partial charge in [0.2, 0.25) is 12.4 Å². The van der Waals surface area contributed by atoms with Gasteiger partial charge < -0.3 is 15.0 Å². The predicted octanol–water partition coefficient (Wildman–Crippen LogP) is 3.41. The van der Waals surface area contributed by atoms with Crippen molar-refractivity contribution in [2.75, 3.05) is 31.3 Å². The van der Waals surface area contributed by atoms with Gasteiger partial charge in [-0.3, -0.25) is 9.00 Å². The Kier molecular flexibility index (Phi) is 5.89. The number of pyridine rings is 1. The van der Waals surface area contributed by atoms with Gasteiger partial charge in [-0.1, -0.05) is 24.3 Å². The fourth-order valence-corrected chi connectivity index (χ4v) is 4.41. The van der Waals surface area contributed by atoms with Crippen LogP contribution in [-0.4, -0.2) is 56.1 Å². The third kappa shape index (κ3) is 4.50. The Balaban J connectivity index is 1.36. The molecule has 2 unspecified atom stereocenters. The summed E-state index contributed by atoms with van der Waals surface area (Å²) in [6.07, 6.45) is 4.27. The van der Waals surface area contributed by atoms with Crippen molar-refractivity contribution in [2.45, 2.75) is 11.0 Å². The Hall–Kier alpha value is -3.56. The van der Waals surface area contributed by atoms with Crippen LogP contribution >= 0.6 is 0 Å². The first-order valence-electron chi connectivity index (χ1n) is 10.6. The molecular weight excluding hydrogens is 438 g/mol. The van der Waals surface area contributed by atoms with Crippen LogP contribution < -0.4 is 5.32 Å². The quantitative estimate of drug-likeness (QED) is 0.443. The number of morpholine rings is 1. The molecule has 1 N–H and O–H groups in total. The molecule has 3 heterocycles. The summed E-state index contributed by atoms with van der Waals surface area (Å²) in [5, 5.41) is 7.80.